The fourth-order valence-corrected chi connectivity index (χ4v) is 14.4. The van der Waals surface area contributed by atoms with Crippen LogP contribution in [0.3, 0.4) is 0 Å². The maximum absolute atomic E-state index is 11.8. The van der Waals surface area contributed by atoms with E-state index in [0.29, 0.717) is 0 Å². The van der Waals surface area contributed by atoms with Crippen LogP contribution < -0.4 is 551 Å². The fourth-order valence-electron chi connectivity index (χ4n) is 3.57. The largest absolute Gasteiger partial charge is 1.00 e. The van der Waals surface area contributed by atoms with Crippen LogP contribution in [0.4, 0.5) is 0 Å². The van der Waals surface area contributed by atoms with Gasteiger partial charge in [-0.3, -0.25) is 9.80 Å². The van der Waals surface area contributed by atoms with Gasteiger partial charge in [0, 0.05) is 36.2 Å². The summed E-state index contributed by atoms with van der Waals surface area (Å²) in [5, 5.41) is 0. The molecule has 26 nitrogen and oxygen atoms in total. The van der Waals surface area contributed by atoms with E-state index >= 15 is 0 Å². The van der Waals surface area contributed by atoms with Crippen LogP contribution in [0.5, 0.6) is 0 Å². The van der Waals surface area contributed by atoms with Crippen molar-refractivity contribution in [3.05, 3.63) is 0 Å². The molecular formula is C10H16N2Na16O24P8. The second-order valence-corrected chi connectivity index (χ2v) is 21.8. The van der Waals surface area contributed by atoms with Gasteiger partial charge in [-0.2, -0.15) is 0 Å². The van der Waals surface area contributed by atoms with Gasteiger partial charge in [-0.1, -0.05) is 30.4 Å². The van der Waals surface area contributed by atoms with Crippen LogP contribution in [-0.4, -0.2) is 70.7 Å². The number of hydrogen-bond acceptors (Lipinski definition) is 26. The third-order valence-electron chi connectivity index (χ3n) is 5.16. The minimum Gasteiger partial charge on any atom is -0.811 e. The molecule has 0 saturated heterocycles. The Kier molecular flexibility index (Phi) is 111. The van der Waals surface area contributed by atoms with E-state index in [1.165, 1.54) is 0 Å². The van der Waals surface area contributed by atoms with Crippen molar-refractivity contribution < 1.29 is 588 Å². The van der Waals surface area contributed by atoms with Crippen molar-refractivity contribution >= 4 is 60.8 Å². The van der Waals surface area contributed by atoms with Gasteiger partial charge >= 0.3 is 473 Å². The summed E-state index contributed by atoms with van der Waals surface area (Å²) < 4.78 is 92.4. The van der Waals surface area contributed by atoms with Crippen molar-refractivity contribution in [3.8, 4) is 0 Å². The topological polar surface area (TPSA) is 512 Å². The Morgan fingerprint density at radius 2 is 0.350 bits per heavy atom. The van der Waals surface area contributed by atoms with E-state index in [2.05, 4.69) is 0 Å². The molecule has 0 heterocycles. The summed E-state index contributed by atoms with van der Waals surface area (Å²) in [7, 11) is -53.0. The molecule has 0 aliphatic carbocycles. The molecule has 0 aromatic rings. The molecule has 0 N–H and O–H groups in total. The molecule has 4 unspecified atom stereocenters. The first-order chi connectivity index (χ1) is 18.9. The van der Waals surface area contributed by atoms with Crippen molar-refractivity contribution in [2.75, 3.05) is 37.7 Å². The molecule has 0 aliphatic rings. The van der Waals surface area contributed by atoms with Crippen molar-refractivity contribution in [3.63, 3.8) is 0 Å². The van der Waals surface area contributed by atoms with E-state index in [4.69, 9.17) is 0 Å². The Morgan fingerprint density at radius 3 is 0.417 bits per heavy atom. The van der Waals surface area contributed by atoms with Crippen LogP contribution in [0.25, 0.3) is 0 Å². The van der Waals surface area contributed by atoms with Crippen LogP contribution >= 0.6 is 60.8 Å². The Morgan fingerprint density at radius 1 is 0.250 bits per heavy atom. The first-order valence-corrected chi connectivity index (χ1v) is 23.8. The summed E-state index contributed by atoms with van der Waals surface area (Å²) in [5.41, 5.74) is 0. The average molecular weight is 1160 g/mol. The third-order valence-corrected chi connectivity index (χ3v) is 14.3. The second-order valence-electron chi connectivity index (χ2n) is 8.73. The molecule has 0 aromatic heterocycles. The molecule has 0 bridgehead atoms. The van der Waals surface area contributed by atoms with E-state index in [1.54, 1.807) is 0 Å². The molecule has 50 heteroatoms. The van der Waals surface area contributed by atoms with Crippen molar-refractivity contribution in [1.29, 1.82) is 0 Å². The summed E-state index contributed by atoms with van der Waals surface area (Å²) >= 11 is 0. The van der Waals surface area contributed by atoms with Gasteiger partial charge in [-0.15, -0.1) is 0 Å². The Bertz CT molecular complexity index is 1210. The molecule has 0 spiro atoms. The molecular weight excluding hydrogens is 1150 g/mol. The summed E-state index contributed by atoms with van der Waals surface area (Å²) in [6, 6.07) is 0. The van der Waals surface area contributed by atoms with Crippen LogP contribution in [0.15, 0.2) is 0 Å². The number of rotatable bonds is 19. The number of nitrogens with zero attached hydrogens (tertiary/aromatic N) is 2. The predicted molar refractivity (Wildman–Crippen MR) is 109 cm³/mol. The van der Waals surface area contributed by atoms with Gasteiger partial charge in [0.25, 0.3) is 0 Å². The van der Waals surface area contributed by atoms with Crippen molar-refractivity contribution in [2.24, 2.45) is 0 Å². The maximum Gasteiger partial charge on any atom is 1.00 e. The van der Waals surface area contributed by atoms with Crippen molar-refractivity contribution in [2.45, 2.75) is 23.1 Å². The van der Waals surface area contributed by atoms with Crippen LogP contribution in [0, 0.1) is 0 Å². The summed E-state index contributed by atoms with van der Waals surface area (Å²) in [4.78, 5) is 183. The molecule has 0 aliphatic heterocycles. The molecule has 4 atom stereocenters. The first kappa shape index (κ1) is 124. The molecule has 0 amide bonds. The van der Waals surface area contributed by atoms with Gasteiger partial charge in [0.15, 0.2) is 0 Å². The Hall–Kier alpha value is 17.1. The smallest absolute Gasteiger partial charge is 0.811 e. The van der Waals surface area contributed by atoms with E-state index < -0.39 is 131 Å². The van der Waals surface area contributed by atoms with Crippen LogP contribution in [-0.2, 0) is 36.5 Å². The fraction of sp³-hybridized carbons (Fsp3) is 1.00. The minimum atomic E-state index is -6.86. The van der Waals surface area contributed by atoms with E-state index in [1.807, 2.05) is 0 Å². The molecule has 0 rings (SSSR count). The number of hydrogen-bond donors (Lipinski definition) is 0. The van der Waals surface area contributed by atoms with E-state index in [0.717, 1.165) is 0 Å². The van der Waals surface area contributed by atoms with Crippen LogP contribution in [0.1, 0.15) is 0 Å². The van der Waals surface area contributed by atoms with E-state index in [-0.39, 0.29) is 473 Å². The summed E-state index contributed by atoms with van der Waals surface area (Å²) in [5.74, 6) is -14.9. The second kappa shape index (κ2) is 54.1. The minimum absolute atomic E-state index is 0. The molecule has 60 heavy (non-hydrogen) atoms. The first-order valence-electron chi connectivity index (χ1n) is 10.5. The molecule has 0 saturated carbocycles. The maximum atomic E-state index is 11.8. The third kappa shape index (κ3) is 61.2. The average Bonchev–Trinajstić information content (AvgIpc) is 2.66. The normalized spacial score (nSPS) is 13.2. The van der Waals surface area contributed by atoms with Gasteiger partial charge in [0.05, 0.1) is 0 Å². The predicted octanol–water partition coefficient (Wildman–Crippen LogP) is -61.7. The van der Waals surface area contributed by atoms with E-state index in [9.17, 15) is 115 Å². The monoisotopic (exact) mass is 1160 g/mol. The zero-order valence-corrected chi connectivity index (χ0v) is 76.0. The van der Waals surface area contributed by atoms with Gasteiger partial charge in [0.1, 0.15) is 0 Å². The van der Waals surface area contributed by atoms with Crippen molar-refractivity contribution in [1.82, 2.24) is 9.80 Å². The zero-order chi connectivity index (χ0) is 35.7. The summed E-state index contributed by atoms with van der Waals surface area (Å²) in [6.45, 7) is -4.43. The molecule has 0 aromatic carbocycles. The standard InChI is InChI=1S/C10H32N2O24P8.16Na/c13-37(14,15)3-7(41(25,26)27)11(8(42(28,29)30)4-38(16,17)18)1-2-12(9(43(31,32)33)5-39(19,20)21)10(44(34,35)36)6-40(22,23)24;;;;;;;;;;;;;;;;/h7-10H,1-6H2,(H2,13,14,15)(H2,16,17,18)(H2,19,20,21)(H2,22,23,24)(H2,25,26,27)(H2,28,29,30)(H2,31,32,33)(H2,34,35,36);;;;;;;;;;;;;;;;/q;16*+1/p-16. The van der Waals surface area contributed by atoms with Gasteiger partial charge in [0.2, 0.25) is 0 Å². The summed E-state index contributed by atoms with van der Waals surface area (Å²) in [6.07, 6.45) is -10.3. The molecule has 0 fully saturated rings. The zero-order valence-electron chi connectivity index (χ0n) is 36.8. The quantitative estimate of drug-likeness (QED) is 0.0856. The van der Waals surface area contributed by atoms with Gasteiger partial charge < -0.3 is 115 Å². The molecule has 0 radical (unpaired) electrons. The Labute approximate surface area is 701 Å². The van der Waals surface area contributed by atoms with Gasteiger partial charge in [-0.25, -0.2) is 0 Å². The SMILES string of the molecule is O=P([O-])([O-])CC(N(CCN(C(CP(=O)([O-])[O-])P(=O)([O-])[O-])C(CP(=O)([O-])[O-])P(=O)([O-])[O-])C(CP(=O)([O-])[O-])P(=O)([O-])[O-])P(=O)([O-])[O-].[Na+].[Na+].[Na+].[Na+].[Na+].[Na+].[Na+].[Na+].[Na+].[Na+].[Na+].[Na+].[Na+].[Na+].[Na+].[Na+]. The Balaban J connectivity index is -0.0000000770. The molecule has 266 valence electrons. The van der Waals surface area contributed by atoms with Crippen LogP contribution in [0.2, 0.25) is 0 Å². The van der Waals surface area contributed by atoms with Gasteiger partial charge in [-0.05, 0) is 55.0 Å².